The van der Waals surface area contributed by atoms with Crippen LogP contribution in [0.1, 0.15) is 30.4 Å². The molecule has 5 rings (SSSR count). The molecule has 1 aromatic heterocycles. The number of hydrogen-bond acceptors (Lipinski definition) is 5. The summed E-state index contributed by atoms with van der Waals surface area (Å²) in [7, 11) is 0. The first-order valence-corrected chi connectivity index (χ1v) is 10.3. The van der Waals surface area contributed by atoms with Crippen LogP contribution in [0.3, 0.4) is 0 Å². The monoisotopic (exact) mass is 395 g/mol. The molecule has 2 fully saturated rings. The third kappa shape index (κ3) is 3.50. The Hall–Kier alpha value is -2.83. The van der Waals surface area contributed by atoms with Crippen molar-refractivity contribution >= 4 is 11.9 Å². The van der Waals surface area contributed by atoms with E-state index in [0.29, 0.717) is 38.9 Å². The van der Waals surface area contributed by atoms with Crippen molar-refractivity contribution in [2.45, 2.75) is 44.8 Å². The number of carbonyl (C=O) groups excluding carboxylic acids is 2. The highest BCUT2D eigenvalue weighted by atomic mass is 16.6. The maximum atomic E-state index is 12.8. The molecule has 3 aliphatic rings. The van der Waals surface area contributed by atoms with Gasteiger partial charge in [-0.15, -0.1) is 0 Å². The lowest BCUT2D eigenvalue weighted by Crippen LogP contribution is -2.45. The number of rotatable bonds is 4. The molecule has 29 heavy (non-hydrogen) atoms. The normalized spacial score (nSPS) is 22.4. The van der Waals surface area contributed by atoms with E-state index in [-0.39, 0.29) is 18.0 Å². The molecule has 0 N–H and O–H groups in total. The van der Waals surface area contributed by atoms with Gasteiger partial charge in [-0.25, -0.2) is 4.98 Å². The second-order valence-corrected chi connectivity index (χ2v) is 8.37. The molecule has 3 aliphatic heterocycles. The number of esters is 1. The summed E-state index contributed by atoms with van der Waals surface area (Å²) in [5.41, 5.74) is 1.78. The van der Waals surface area contributed by atoms with Gasteiger partial charge in [0.25, 0.3) is 0 Å². The first-order valence-electron chi connectivity index (χ1n) is 10.3. The molecule has 1 atom stereocenters. The van der Waals surface area contributed by atoms with Crippen LogP contribution in [0.5, 0.6) is 5.75 Å². The number of cyclic esters (lactones) is 1. The fourth-order valence-corrected chi connectivity index (χ4v) is 4.80. The summed E-state index contributed by atoms with van der Waals surface area (Å²) in [5.74, 6) is 0.958. The summed E-state index contributed by atoms with van der Waals surface area (Å²) in [6.07, 6.45) is 8.61. The fourth-order valence-electron chi connectivity index (χ4n) is 4.80. The highest BCUT2D eigenvalue weighted by Gasteiger charge is 2.50. The molecule has 0 bridgehead atoms. The fraction of sp³-hybridized carbons (Fsp3) is 0.500. The van der Waals surface area contributed by atoms with E-state index in [4.69, 9.17) is 9.47 Å². The van der Waals surface area contributed by atoms with E-state index in [1.165, 1.54) is 5.56 Å². The number of aromatic nitrogens is 2. The van der Waals surface area contributed by atoms with Gasteiger partial charge in [0, 0.05) is 38.3 Å². The van der Waals surface area contributed by atoms with Gasteiger partial charge in [0.15, 0.2) is 0 Å². The van der Waals surface area contributed by atoms with E-state index in [9.17, 15) is 9.59 Å². The van der Waals surface area contributed by atoms with Crippen LogP contribution in [0.4, 0.5) is 0 Å². The molecule has 1 spiro atoms. The minimum atomic E-state index is -0.438. The van der Waals surface area contributed by atoms with Crippen LogP contribution in [-0.2, 0) is 33.7 Å². The Bertz CT molecular complexity index is 916. The Kier molecular flexibility index (Phi) is 4.53. The molecule has 1 amide bonds. The number of likely N-dealkylation sites (tertiary alicyclic amines) is 1. The number of hydrogen-bond donors (Lipinski definition) is 0. The quantitative estimate of drug-likeness (QED) is 0.741. The molecule has 2 aromatic rings. The zero-order chi connectivity index (χ0) is 19.8. The third-order valence-electron chi connectivity index (χ3n) is 6.48. The Morgan fingerprint density at radius 3 is 2.93 bits per heavy atom. The molecule has 152 valence electrons. The molecule has 0 radical (unpaired) electrons. The summed E-state index contributed by atoms with van der Waals surface area (Å²) in [4.78, 5) is 31.3. The SMILES string of the molecule is O=C(Cc1ccc2c(c1)CCO2)N1CCC2(CC1)CC(Cn1ccnc1)OC2=O. The van der Waals surface area contributed by atoms with Crippen LogP contribution in [0, 0.1) is 5.41 Å². The summed E-state index contributed by atoms with van der Waals surface area (Å²) in [6.45, 7) is 2.58. The lowest BCUT2D eigenvalue weighted by molar-refractivity contribution is -0.152. The number of amides is 1. The maximum absolute atomic E-state index is 12.8. The van der Waals surface area contributed by atoms with Crippen molar-refractivity contribution < 1.29 is 19.1 Å². The average molecular weight is 395 g/mol. The molecular formula is C22H25N3O4. The van der Waals surface area contributed by atoms with E-state index in [1.54, 1.807) is 12.5 Å². The number of carbonyl (C=O) groups is 2. The summed E-state index contributed by atoms with van der Waals surface area (Å²) in [6, 6.07) is 6.02. The van der Waals surface area contributed by atoms with Crippen LogP contribution in [0.15, 0.2) is 36.9 Å². The van der Waals surface area contributed by atoms with E-state index in [1.807, 2.05) is 27.8 Å². The zero-order valence-electron chi connectivity index (χ0n) is 16.4. The van der Waals surface area contributed by atoms with Crippen molar-refractivity contribution in [1.82, 2.24) is 14.5 Å². The average Bonchev–Trinajstić information content (AvgIpc) is 3.44. The van der Waals surface area contributed by atoms with Crippen LogP contribution in [-0.4, -0.2) is 52.1 Å². The Morgan fingerprint density at radius 2 is 2.14 bits per heavy atom. The van der Waals surface area contributed by atoms with Gasteiger partial charge in [-0.2, -0.15) is 0 Å². The lowest BCUT2D eigenvalue weighted by atomic mass is 9.76. The molecule has 0 aliphatic carbocycles. The number of benzene rings is 1. The summed E-state index contributed by atoms with van der Waals surface area (Å²) in [5, 5.41) is 0. The Morgan fingerprint density at radius 1 is 1.28 bits per heavy atom. The zero-order valence-corrected chi connectivity index (χ0v) is 16.4. The van der Waals surface area contributed by atoms with Crippen molar-refractivity contribution in [2.75, 3.05) is 19.7 Å². The van der Waals surface area contributed by atoms with Crippen LogP contribution >= 0.6 is 0 Å². The number of nitrogens with zero attached hydrogens (tertiary/aromatic N) is 3. The highest BCUT2D eigenvalue weighted by Crippen LogP contribution is 2.43. The smallest absolute Gasteiger partial charge is 0.312 e. The van der Waals surface area contributed by atoms with Gasteiger partial charge >= 0.3 is 5.97 Å². The van der Waals surface area contributed by atoms with Gasteiger partial charge in [0.1, 0.15) is 11.9 Å². The molecule has 4 heterocycles. The third-order valence-corrected chi connectivity index (χ3v) is 6.48. The number of piperidine rings is 1. The first kappa shape index (κ1) is 18.2. The maximum Gasteiger partial charge on any atom is 0.312 e. The molecule has 1 unspecified atom stereocenters. The van der Waals surface area contributed by atoms with E-state index in [2.05, 4.69) is 11.1 Å². The topological polar surface area (TPSA) is 73.7 Å². The minimum Gasteiger partial charge on any atom is -0.493 e. The van der Waals surface area contributed by atoms with Gasteiger partial charge in [-0.05, 0) is 30.0 Å². The predicted octanol–water partition coefficient (Wildman–Crippen LogP) is 1.99. The van der Waals surface area contributed by atoms with Gasteiger partial charge in [-0.3, -0.25) is 9.59 Å². The van der Waals surface area contributed by atoms with Gasteiger partial charge in [-0.1, -0.05) is 12.1 Å². The number of imidazole rings is 1. The lowest BCUT2D eigenvalue weighted by Gasteiger charge is -2.36. The first-order chi connectivity index (χ1) is 14.1. The molecule has 7 nitrogen and oxygen atoms in total. The van der Waals surface area contributed by atoms with Crippen molar-refractivity contribution in [3.63, 3.8) is 0 Å². The van der Waals surface area contributed by atoms with Crippen molar-refractivity contribution in [1.29, 1.82) is 0 Å². The van der Waals surface area contributed by atoms with Gasteiger partial charge in [0.2, 0.25) is 5.91 Å². The van der Waals surface area contributed by atoms with E-state index < -0.39 is 5.41 Å². The summed E-state index contributed by atoms with van der Waals surface area (Å²) < 4.78 is 13.1. The largest absolute Gasteiger partial charge is 0.493 e. The molecular weight excluding hydrogens is 370 g/mol. The summed E-state index contributed by atoms with van der Waals surface area (Å²) >= 11 is 0. The molecule has 1 aromatic carbocycles. The van der Waals surface area contributed by atoms with Crippen LogP contribution in [0.25, 0.3) is 0 Å². The van der Waals surface area contributed by atoms with Gasteiger partial charge in [0.05, 0.1) is 31.3 Å². The van der Waals surface area contributed by atoms with Crippen molar-refractivity contribution in [3.05, 3.63) is 48.0 Å². The molecule has 7 heteroatoms. The highest BCUT2D eigenvalue weighted by molar-refractivity contribution is 5.81. The minimum absolute atomic E-state index is 0.103. The Balaban J connectivity index is 1.18. The molecule has 2 saturated heterocycles. The van der Waals surface area contributed by atoms with Crippen LogP contribution < -0.4 is 4.74 Å². The number of fused-ring (bicyclic) bond motifs is 1. The van der Waals surface area contributed by atoms with Crippen LogP contribution in [0.2, 0.25) is 0 Å². The standard InChI is InChI=1S/C22H25N3O4/c26-20(12-16-1-2-19-17(11-16)3-10-28-19)25-7-4-22(5-8-25)13-18(29-21(22)27)14-24-9-6-23-15-24/h1-2,6,9,11,15,18H,3-5,7-8,10,12-14H2. The number of ether oxygens (including phenoxy) is 2. The second kappa shape index (κ2) is 7.21. The van der Waals surface area contributed by atoms with Gasteiger partial charge < -0.3 is 18.9 Å². The van der Waals surface area contributed by atoms with Crippen molar-refractivity contribution in [2.24, 2.45) is 5.41 Å². The second-order valence-electron chi connectivity index (χ2n) is 8.37. The van der Waals surface area contributed by atoms with E-state index in [0.717, 1.165) is 30.8 Å². The van der Waals surface area contributed by atoms with E-state index >= 15 is 0 Å². The predicted molar refractivity (Wildman–Crippen MR) is 104 cm³/mol. The Labute approximate surface area is 169 Å². The van der Waals surface area contributed by atoms with Crippen molar-refractivity contribution in [3.8, 4) is 5.75 Å². The molecule has 0 saturated carbocycles.